The fraction of sp³-hybridized carbons (Fsp3) is 0.548. The lowest BCUT2D eigenvalue weighted by atomic mass is 9.95. The number of aryl methyl sites for hydroxylation is 3. The van der Waals surface area contributed by atoms with Crippen LogP contribution in [0.5, 0.6) is 11.5 Å². The van der Waals surface area contributed by atoms with Crippen molar-refractivity contribution in [3.05, 3.63) is 70.9 Å². The largest absolute Gasteiger partial charge is 0.504 e. The van der Waals surface area contributed by atoms with Crippen LogP contribution in [0.3, 0.4) is 0 Å². The predicted molar refractivity (Wildman–Crippen MR) is 151 cm³/mol. The number of aromatic hydroxyl groups is 1. The molecule has 0 radical (unpaired) electrons. The number of furan rings is 1. The van der Waals surface area contributed by atoms with Crippen LogP contribution in [0.4, 0.5) is 0 Å². The number of ether oxygens (including phenoxy) is 1. The molecule has 5 N–H and O–H groups in total. The van der Waals surface area contributed by atoms with Gasteiger partial charge in [0.25, 0.3) is 0 Å². The fourth-order valence-corrected chi connectivity index (χ4v) is 4.56. The van der Waals surface area contributed by atoms with Crippen molar-refractivity contribution in [2.45, 2.75) is 96.8 Å². The molecular weight excluding hydrogens is 480 g/mol. The van der Waals surface area contributed by atoms with Gasteiger partial charge in [-0.3, -0.25) is 0 Å². The number of hydrogen-bond acceptors (Lipinski definition) is 6. The van der Waals surface area contributed by atoms with Crippen LogP contribution >= 0.6 is 0 Å². The number of phenols is 1. The molecule has 0 spiro atoms. The first-order chi connectivity index (χ1) is 18.3. The zero-order valence-corrected chi connectivity index (χ0v) is 23.4. The lowest BCUT2D eigenvalue weighted by Crippen LogP contribution is -2.27. The maximum absolute atomic E-state index is 10.4. The molecule has 0 saturated carbocycles. The summed E-state index contributed by atoms with van der Waals surface area (Å²) in [6, 6.07) is 11.7. The number of aliphatic hydroxyl groups excluding tert-OH is 2. The molecule has 3 rings (SSSR count). The molecule has 0 bridgehead atoms. The van der Waals surface area contributed by atoms with E-state index >= 15 is 0 Å². The summed E-state index contributed by atoms with van der Waals surface area (Å²) in [4.78, 5) is 3.37. The number of H-pyrrole nitrogens is 1. The Bertz CT molecular complexity index is 1090. The van der Waals surface area contributed by atoms with Crippen molar-refractivity contribution in [3.63, 3.8) is 0 Å². The van der Waals surface area contributed by atoms with Crippen LogP contribution in [0.25, 0.3) is 0 Å². The Morgan fingerprint density at radius 1 is 0.974 bits per heavy atom. The van der Waals surface area contributed by atoms with E-state index in [-0.39, 0.29) is 17.7 Å². The highest BCUT2D eigenvalue weighted by Crippen LogP contribution is 2.30. The van der Waals surface area contributed by atoms with Crippen molar-refractivity contribution in [3.8, 4) is 11.5 Å². The van der Waals surface area contributed by atoms with E-state index < -0.39 is 12.2 Å². The Morgan fingerprint density at radius 3 is 2.45 bits per heavy atom. The summed E-state index contributed by atoms with van der Waals surface area (Å²) in [5.74, 6) is 2.87. The number of likely N-dealkylation sites (N-methyl/N-ethyl adjacent to an activating group) is 1. The first kappa shape index (κ1) is 29.8. The van der Waals surface area contributed by atoms with Crippen molar-refractivity contribution >= 4 is 0 Å². The van der Waals surface area contributed by atoms with Crippen LogP contribution < -0.4 is 10.1 Å². The van der Waals surface area contributed by atoms with E-state index in [4.69, 9.17) is 9.15 Å². The highest BCUT2D eigenvalue weighted by molar-refractivity contribution is 5.42. The highest BCUT2D eigenvalue weighted by atomic mass is 16.5. The van der Waals surface area contributed by atoms with E-state index in [9.17, 15) is 15.3 Å². The fourth-order valence-electron chi connectivity index (χ4n) is 4.56. The maximum Gasteiger partial charge on any atom is 0.161 e. The minimum atomic E-state index is -0.720. The molecular formula is C31H46N2O5. The quantitative estimate of drug-likeness (QED) is 0.152. The zero-order chi connectivity index (χ0) is 27.5. The van der Waals surface area contributed by atoms with Gasteiger partial charge >= 0.3 is 0 Å². The lowest BCUT2D eigenvalue weighted by molar-refractivity contribution is 0.0242. The predicted octanol–water partition coefficient (Wildman–Crippen LogP) is 5.80. The topological polar surface area (TPSA) is 111 Å². The molecule has 38 heavy (non-hydrogen) atoms. The Hall–Kier alpha value is -2.74. The standard InChI is InChI=1S/C31H46N2O5/c1-5-7-8-25-13-14-26(38-25)12-10-23-11-16-30(36)31(17-23)37-20-28(32-6-2)27-18-24(19-33-27)21(3)9-15-29(35)22(4)34/h11,13-14,16-19,21-22,28-29,32-36H,5-10,12,15,20H2,1-4H3/t21-,22+,28+,29+/m1/s1. The molecule has 1 aromatic carbocycles. The van der Waals surface area contributed by atoms with Gasteiger partial charge in [0, 0.05) is 24.7 Å². The maximum atomic E-state index is 10.4. The van der Waals surface area contributed by atoms with Crippen molar-refractivity contribution in [2.75, 3.05) is 13.2 Å². The molecule has 210 valence electrons. The van der Waals surface area contributed by atoms with Gasteiger partial charge in [0.15, 0.2) is 11.5 Å². The first-order valence-corrected chi connectivity index (χ1v) is 14.1. The molecule has 0 aliphatic heterocycles. The number of phenolic OH excluding ortho intramolecular Hbond substituents is 1. The van der Waals surface area contributed by atoms with Gasteiger partial charge in [-0.25, -0.2) is 0 Å². The van der Waals surface area contributed by atoms with Gasteiger partial charge in [0.1, 0.15) is 18.1 Å². The number of aliphatic hydroxyl groups is 2. The van der Waals surface area contributed by atoms with E-state index in [1.807, 2.05) is 18.3 Å². The van der Waals surface area contributed by atoms with Crippen molar-refractivity contribution < 1.29 is 24.5 Å². The van der Waals surface area contributed by atoms with Crippen molar-refractivity contribution in [2.24, 2.45) is 0 Å². The number of rotatable bonds is 17. The summed E-state index contributed by atoms with van der Waals surface area (Å²) in [6.07, 6.45) is 6.78. The van der Waals surface area contributed by atoms with E-state index in [1.165, 1.54) is 0 Å². The summed E-state index contributed by atoms with van der Waals surface area (Å²) in [7, 11) is 0. The minimum absolute atomic E-state index is 0.0725. The monoisotopic (exact) mass is 526 g/mol. The number of aromatic nitrogens is 1. The van der Waals surface area contributed by atoms with Crippen LogP contribution in [0, 0.1) is 0 Å². The molecule has 2 aromatic heterocycles. The molecule has 7 nitrogen and oxygen atoms in total. The second-order valence-corrected chi connectivity index (χ2v) is 10.4. The summed E-state index contributed by atoms with van der Waals surface area (Å²) < 4.78 is 12.1. The van der Waals surface area contributed by atoms with E-state index in [2.05, 4.69) is 49.3 Å². The van der Waals surface area contributed by atoms with E-state index in [1.54, 1.807) is 13.0 Å². The normalized spacial score (nSPS) is 14.8. The van der Waals surface area contributed by atoms with Crippen LogP contribution in [-0.2, 0) is 19.3 Å². The number of unbranched alkanes of at least 4 members (excludes halogenated alkanes) is 1. The molecule has 0 amide bonds. The summed E-state index contributed by atoms with van der Waals surface area (Å²) >= 11 is 0. The molecule has 3 aromatic rings. The van der Waals surface area contributed by atoms with Crippen LogP contribution in [0.1, 0.15) is 93.7 Å². The molecule has 0 aliphatic carbocycles. The Labute approximate surface area is 227 Å². The van der Waals surface area contributed by atoms with Gasteiger partial charge in [-0.15, -0.1) is 0 Å². The molecule has 7 heteroatoms. The van der Waals surface area contributed by atoms with Gasteiger partial charge in [-0.05, 0) is 86.5 Å². The molecule has 2 heterocycles. The highest BCUT2D eigenvalue weighted by Gasteiger charge is 2.18. The van der Waals surface area contributed by atoms with Gasteiger partial charge in [0.05, 0.1) is 18.2 Å². The minimum Gasteiger partial charge on any atom is -0.504 e. The average molecular weight is 527 g/mol. The van der Waals surface area contributed by atoms with Crippen LogP contribution in [0.15, 0.2) is 47.0 Å². The zero-order valence-electron chi connectivity index (χ0n) is 23.4. The second kappa shape index (κ2) is 15.0. The van der Waals surface area contributed by atoms with Gasteiger partial charge in [0.2, 0.25) is 0 Å². The Balaban J connectivity index is 1.58. The van der Waals surface area contributed by atoms with Crippen LogP contribution in [-0.4, -0.2) is 45.7 Å². The third kappa shape index (κ3) is 8.93. The number of aromatic amines is 1. The van der Waals surface area contributed by atoms with Crippen molar-refractivity contribution in [1.29, 1.82) is 0 Å². The second-order valence-electron chi connectivity index (χ2n) is 10.4. The smallest absolute Gasteiger partial charge is 0.161 e. The average Bonchev–Trinajstić information content (AvgIpc) is 3.58. The lowest BCUT2D eigenvalue weighted by Gasteiger charge is -2.19. The number of nitrogens with one attached hydrogen (secondary N) is 2. The molecule has 0 saturated heterocycles. The molecule has 0 aliphatic rings. The van der Waals surface area contributed by atoms with Gasteiger partial charge < -0.3 is 34.8 Å². The molecule has 0 unspecified atom stereocenters. The van der Waals surface area contributed by atoms with Gasteiger partial charge in [-0.2, -0.15) is 0 Å². The Kier molecular flexibility index (Phi) is 11.8. The number of benzene rings is 1. The summed E-state index contributed by atoms with van der Waals surface area (Å²) in [5, 5.41) is 33.3. The number of hydrogen-bond donors (Lipinski definition) is 5. The molecule has 4 atom stereocenters. The third-order valence-corrected chi connectivity index (χ3v) is 7.16. The Morgan fingerprint density at radius 2 is 1.74 bits per heavy atom. The van der Waals surface area contributed by atoms with E-state index in [0.29, 0.717) is 18.8 Å². The first-order valence-electron chi connectivity index (χ1n) is 14.1. The summed E-state index contributed by atoms with van der Waals surface area (Å²) in [6.45, 7) is 9.10. The van der Waals surface area contributed by atoms with E-state index in [0.717, 1.165) is 73.4 Å². The SMILES string of the molecule is CCCCc1ccc(CCc2ccc(O)c(OC[C@H](NCC)c3cc([C@H](C)CC[C@H](O)[C@H](C)O)c[nH]3)c2)o1. The summed E-state index contributed by atoms with van der Waals surface area (Å²) in [5.41, 5.74) is 3.25. The third-order valence-electron chi connectivity index (χ3n) is 7.16. The van der Waals surface area contributed by atoms with Crippen LogP contribution in [0.2, 0.25) is 0 Å². The molecule has 0 fully saturated rings. The van der Waals surface area contributed by atoms with Crippen molar-refractivity contribution in [1.82, 2.24) is 10.3 Å². The van der Waals surface area contributed by atoms with Gasteiger partial charge in [-0.1, -0.05) is 33.3 Å².